The molecule has 1 aromatic carbocycles. The van der Waals surface area contributed by atoms with Gasteiger partial charge >= 0.3 is 6.09 Å². The molecule has 144 valence electrons. The molecule has 0 aliphatic rings. The number of hydrogen-bond acceptors (Lipinski definition) is 3. The van der Waals surface area contributed by atoms with E-state index in [4.69, 9.17) is 16.3 Å². The third-order valence-electron chi connectivity index (χ3n) is 3.80. The highest BCUT2D eigenvalue weighted by Crippen LogP contribution is 2.29. The molecule has 0 bridgehead atoms. The van der Waals surface area contributed by atoms with E-state index in [1.54, 1.807) is 32.9 Å². The van der Waals surface area contributed by atoms with Gasteiger partial charge in [-0.05, 0) is 76.6 Å². The van der Waals surface area contributed by atoms with Crippen molar-refractivity contribution in [2.24, 2.45) is 0 Å². The van der Waals surface area contributed by atoms with Gasteiger partial charge in [-0.1, -0.05) is 18.2 Å². The van der Waals surface area contributed by atoms with E-state index in [9.17, 15) is 9.18 Å². The second-order valence-corrected chi connectivity index (χ2v) is 8.16. The Kier molecular flexibility index (Phi) is 5.95. The molecule has 0 saturated heterocycles. The quantitative estimate of drug-likeness (QED) is 0.702. The summed E-state index contributed by atoms with van der Waals surface area (Å²) in [6.07, 6.45) is 1.10. The predicted molar refractivity (Wildman–Crippen MR) is 107 cm³/mol. The fourth-order valence-corrected chi connectivity index (χ4v) is 2.63. The zero-order valence-electron chi connectivity index (χ0n) is 16.2. The number of amides is 1. The van der Waals surface area contributed by atoms with E-state index < -0.39 is 23.1 Å². The minimum absolute atomic E-state index is 0.0194. The highest BCUT2D eigenvalue weighted by Gasteiger charge is 2.27. The number of nitrogens with one attached hydrogen (secondary N) is 1. The van der Waals surface area contributed by atoms with E-state index in [-0.39, 0.29) is 5.02 Å². The molecular weight excluding hydrogens is 367 g/mol. The number of rotatable bonds is 4. The number of carbonyl (C=O) groups excluding carboxylic acids is 1. The van der Waals surface area contributed by atoms with Gasteiger partial charge in [0.1, 0.15) is 11.4 Å². The molecule has 0 saturated carbocycles. The molecular formula is C21H24ClFN2O2. The van der Waals surface area contributed by atoms with E-state index in [0.717, 1.165) is 5.56 Å². The fourth-order valence-electron chi connectivity index (χ4n) is 2.45. The van der Waals surface area contributed by atoms with E-state index >= 15 is 0 Å². The molecule has 27 heavy (non-hydrogen) atoms. The van der Waals surface area contributed by atoms with Crippen molar-refractivity contribution in [2.75, 3.05) is 0 Å². The Morgan fingerprint density at radius 2 is 1.89 bits per heavy atom. The summed E-state index contributed by atoms with van der Waals surface area (Å²) < 4.78 is 18.8. The number of hydrogen-bond donors (Lipinski definition) is 1. The van der Waals surface area contributed by atoms with E-state index in [1.165, 1.54) is 12.1 Å². The number of aromatic nitrogens is 1. The van der Waals surface area contributed by atoms with Crippen molar-refractivity contribution in [3.8, 4) is 11.3 Å². The molecule has 0 fully saturated rings. The highest BCUT2D eigenvalue weighted by molar-refractivity contribution is 6.31. The van der Waals surface area contributed by atoms with Crippen molar-refractivity contribution < 1.29 is 13.9 Å². The van der Waals surface area contributed by atoms with E-state index in [0.29, 0.717) is 17.0 Å². The van der Waals surface area contributed by atoms with Crippen LogP contribution in [-0.4, -0.2) is 16.7 Å². The smallest absolute Gasteiger partial charge is 0.408 e. The highest BCUT2D eigenvalue weighted by atomic mass is 35.5. The van der Waals surface area contributed by atoms with Gasteiger partial charge in [-0.3, -0.25) is 0 Å². The van der Waals surface area contributed by atoms with Crippen LogP contribution in [0.15, 0.2) is 36.9 Å². The molecule has 1 aromatic heterocycles. The van der Waals surface area contributed by atoms with Gasteiger partial charge in [0.15, 0.2) is 0 Å². The Hall–Kier alpha value is -2.40. The van der Waals surface area contributed by atoms with Crippen LogP contribution in [0.5, 0.6) is 0 Å². The maximum Gasteiger partial charge on any atom is 0.408 e. The van der Waals surface area contributed by atoms with E-state index in [2.05, 4.69) is 16.9 Å². The molecule has 0 unspecified atom stereocenters. The zero-order chi connectivity index (χ0) is 20.4. The lowest BCUT2D eigenvalue weighted by molar-refractivity contribution is 0.0470. The van der Waals surface area contributed by atoms with Crippen molar-refractivity contribution >= 4 is 23.8 Å². The molecule has 0 spiro atoms. The molecule has 6 heteroatoms. The third-order valence-corrected chi connectivity index (χ3v) is 4.09. The molecule has 2 aromatic rings. The van der Waals surface area contributed by atoms with Crippen LogP contribution in [0.3, 0.4) is 0 Å². The lowest BCUT2D eigenvalue weighted by atomic mass is 9.92. The summed E-state index contributed by atoms with van der Waals surface area (Å²) in [6.45, 7) is 12.9. The standard InChI is InChI=1S/C21H24ClFN2O2/c1-7-15-11-14(21(5,6)25-19(26)27-20(2,3)4)12-18(24-15)13-8-9-17(23)16(22)10-13/h7-12H,1H2,2-6H3,(H,25,26). The fraction of sp³-hybridized carbons (Fsp3) is 0.333. The first kappa shape index (κ1) is 20.9. The summed E-state index contributed by atoms with van der Waals surface area (Å²) in [6, 6.07) is 8.08. The van der Waals surface area contributed by atoms with Gasteiger partial charge in [-0.25, -0.2) is 14.2 Å². The SMILES string of the molecule is C=Cc1cc(C(C)(C)NC(=O)OC(C)(C)C)cc(-c2ccc(F)c(Cl)c2)n1. The number of alkyl carbamates (subject to hydrolysis) is 1. The number of halogens is 2. The minimum Gasteiger partial charge on any atom is -0.444 e. The second kappa shape index (κ2) is 7.69. The van der Waals surface area contributed by atoms with Crippen LogP contribution >= 0.6 is 11.6 Å². The van der Waals surface area contributed by atoms with E-state index in [1.807, 2.05) is 26.0 Å². The Morgan fingerprint density at radius 1 is 1.22 bits per heavy atom. The molecule has 1 heterocycles. The van der Waals surface area contributed by atoms with Crippen LogP contribution in [0.25, 0.3) is 17.3 Å². The monoisotopic (exact) mass is 390 g/mol. The second-order valence-electron chi connectivity index (χ2n) is 7.75. The number of carbonyl (C=O) groups is 1. The van der Waals surface area contributed by atoms with Gasteiger partial charge in [-0.15, -0.1) is 0 Å². The van der Waals surface area contributed by atoms with Crippen LogP contribution in [0, 0.1) is 5.82 Å². The van der Waals surface area contributed by atoms with Gasteiger partial charge in [0.2, 0.25) is 0 Å². The molecule has 0 atom stereocenters. The van der Waals surface area contributed by atoms with Crippen LogP contribution in [0.1, 0.15) is 45.9 Å². The molecule has 0 aliphatic heterocycles. The summed E-state index contributed by atoms with van der Waals surface area (Å²) in [5.41, 5.74) is 1.36. The van der Waals surface area contributed by atoms with Gasteiger partial charge < -0.3 is 10.1 Å². The molecule has 0 aliphatic carbocycles. The summed E-state index contributed by atoms with van der Waals surface area (Å²) in [7, 11) is 0. The molecule has 2 rings (SSSR count). The van der Waals surface area contributed by atoms with Crippen LogP contribution < -0.4 is 5.32 Å². The Bertz CT molecular complexity index is 873. The topological polar surface area (TPSA) is 51.2 Å². The van der Waals surface area contributed by atoms with Gasteiger partial charge in [-0.2, -0.15) is 0 Å². The third kappa shape index (κ3) is 5.54. The first-order valence-electron chi connectivity index (χ1n) is 8.53. The van der Waals surface area contributed by atoms with Crippen molar-refractivity contribution in [1.82, 2.24) is 10.3 Å². The van der Waals surface area contributed by atoms with Crippen molar-refractivity contribution in [3.05, 3.63) is 59.0 Å². The van der Waals surface area contributed by atoms with Crippen molar-refractivity contribution in [2.45, 2.75) is 45.8 Å². The summed E-state index contributed by atoms with van der Waals surface area (Å²) in [5, 5.41) is 2.89. The predicted octanol–water partition coefficient (Wildman–Crippen LogP) is 5.94. The molecule has 4 nitrogen and oxygen atoms in total. The molecule has 1 amide bonds. The van der Waals surface area contributed by atoms with Crippen LogP contribution in [0.2, 0.25) is 5.02 Å². The van der Waals surface area contributed by atoms with Crippen molar-refractivity contribution in [3.63, 3.8) is 0 Å². The first-order chi connectivity index (χ1) is 12.4. The number of nitrogens with zero attached hydrogens (tertiary/aromatic N) is 1. The van der Waals surface area contributed by atoms with Gasteiger partial charge in [0, 0.05) is 5.56 Å². The maximum atomic E-state index is 13.5. The first-order valence-corrected chi connectivity index (χ1v) is 8.91. The average molecular weight is 391 g/mol. The number of benzene rings is 1. The molecule has 1 N–H and O–H groups in total. The minimum atomic E-state index is -0.735. The lowest BCUT2D eigenvalue weighted by Gasteiger charge is -2.29. The van der Waals surface area contributed by atoms with Gasteiger partial charge in [0.25, 0.3) is 0 Å². The lowest BCUT2D eigenvalue weighted by Crippen LogP contribution is -2.43. The van der Waals surface area contributed by atoms with Crippen molar-refractivity contribution in [1.29, 1.82) is 0 Å². The van der Waals surface area contributed by atoms with Crippen LogP contribution in [-0.2, 0) is 10.3 Å². The summed E-state index contributed by atoms with van der Waals surface area (Å²) in [4.78, 5) is 16.7. The number of pyridine rings is 1. The van der Waals surface area contributed by atoms with Gasteiger partial charge in [0.05, 0.1) is 21.9 Å². The summed E-state index contributed by atoms with van der Waals surface area (Å²) in [5.74, 6) is -0.493. The molecule has 0 radical (unpaired) electrons. The maximum absolute atomic E-state index is 13.5. The number of ether oxygens (including phenoxy) is 1. The Labute approximate surface area is 164 Å². The zero-order valence-corrected chi connectivity index (χ0v) is 16.9. The normalized spacial score (nSPS) is 11.8. The Morgan fingerprint density at radius 3 is 2.44 bits per heavy atom. The summed E-state index contributed by atoms with van der Waals surface area (Å²) >= 11 is 5.90. The largest absolute Gasteiger partial charge is 0.444 e. The Balaban J connectivity index is 2.42. The van der Waals surface area contributed by atoms with Crippen LogP contribution in [0.4, 0.5) is 9.18 Å². The average Bonchev–Trinajstić information content (AvgIpc) is 2.54.